The smallest absolute Gasteiger partial charge is 0.119 e. The molecule has 1 aliphatic rings. The summed E-state index contributed by atoms with van der Waals surface area (Å²) in [5.74, 6) is 0.828. The van der Waals surface area contributed by atoms with Crippen LogP contribution >= 0.6 is 11.8 Å². The summed E-state index contributed by atoms with van der Waals surface area (Å²) in [6.45, 7) is 3.08. The van der Waals surface area contributed by atoms with Gasteiger partial charge in [-0.15, -0.1) is 0 Å². The molecule has 2 N–H and O–H groups in total. The first-order valence-corrected chi connectivity index (χ1v) is 9.17. The maximum Gasteiger partial charge on any atom is 0.119 e. The van der Waals surface area contributed by atoms with Gasteiger partial charge in [0.15, 0.2) is 0 Å². The van der Waals surface area contributed by atoms with Gasteiger partial charge in [0.2, 0.25) is 0 Å². The molecule has 0 aromatic heterocycles. The highest BCUT2D eigenvalue weighted by atomic mass is 32.2. The van der Waals surface area contributed by atoms with Gasteiger partial charge in [-0.25, -0.2) is 0 Å². The summed E-state index contributed by atoms with van der Waals surface area (Å²) in [6, 6.07) is 8.63. The van der Waals surface area contributed by atoms with Crippen LogP contribution in [0.5, 0.6) is 5.75 Å². The Morgan fingerprint density at radius 2 is 2.10 bits per heavy atom. The van der Waals surface area contributed by atoms with E-state index >= 15 is 0 Å². The number of benzene rings is 1. The van der Waals surface area contributed by atoms with Gasteiger partial charge in [-0.3, -0.25) is 0 Å². The summed E-state index contributed by atoms with van der Waals surface area (Å²) in [4.78, 5) is 0. The number of thioether (sulfide) groups is 1. The lowest BCUT2D eigenvalue weighted by Gasteiger charge is -2.21. The minimum atomic E-state index is -0.459. The van der Waals surface area contributed by atoms with E-state index in [9.17, 15) is 5.11 Å². The van der Waals surface area contributed by atoms with E-state index in [4.69, 9.17) is 4.74 Å². The van der Waals surface area contributed by atoms with Crippen LogP contribution in [0.1, 0.15) is 31.7 Å². The number of hydrogen-bond donors (Lipinski definition) is 2. The molecule has 2 rings (SSSR count). The fraction of sp³-hybridized carbons (Fsp3) is 0.647. The second-order valence-corrected chi connectivity index (χ2v) is 6.76. The molecule has 21 heavy (non-hydrogen) atoms. The molecule has 0 bridgehead atoms. The molecule has 3 unspecified atom stereocenters. The van der Waals surface area contributed by atoms with Crippen molar-refractivity contribution in [3.05, 3.63) is 29.8 Å². The van der Waals surface area contributed by atoms with Crippen molar-refractivity contribution in [3.63, 3.8) is 0 Å². The van der Waals surface area contributed by atoms with E-state index in [2.05, 4.69) is 30.6 Å². The number of rotatable bonds is 8. The van der Waals surface area contributed by atoms with Crippen LogP contribution < -0.4 is 10.1 Å². The summed E-state index contributed by atoms with van der Waals surface area (Å²) >= 11 is 1.93. The second kappa shape index (κ2) is 8.66. The van der Waals surface area contributed by atoms with Crippen molar-refractivity contribution in [2.45, 2.75) is 50.0 Å². The average molecular weight is 309 g/mol. The molecule has 3 atom stereocenters. The molecule has 0 amide bonds. The van der Waals surface area contributed by atoms with E-state index in [1.54, 1.807) is 0 Å². The minimum absolute atomic E-state index is 0.342. The summed E-state index contributed by atoms with van der Waals surface area (Å²) in [6.07, 6.45) is 6.54. The predicted molar refractivity (Wildman–Crippen MR) is 90.3 cm³/mol. The van der Waals surface area contributed by atoms with Gasteiger partial charge in [-0.05, 0) is 43.2 Å². The Bertz CT molecular complexity index is 410. The number of aliphatic hydroxyl groups excluding tert-OH is 1. The highest BCUT2D eigenvalue weighted by Gasteiger charge is 2.26. The maximum atomic E-state index is 10.0. The third kappa shape index (κ3) is 5.20. The van der Waals surface area contributed by atoms with Crippen LogP contribution in [0.4, 0.5) is 0 Å². The number of aryl methyl sites for hydroxylation is 1. The molecule has 0 aliphatic heterocycles. The van der Waals surface area contributed by atoms with E-state index in [0.29, 0.717) is 24.4 Å². The van der Waals surface area contributed by atoms with Crippen molar-refractivity contribution in [1.29, 1.82) is 0 Å². The summed E-state index contributed by atoms with van der Waals surface area (Å²) in [5.41, 5.74) is 1.30. The van der Waals surface area contributed by atoms with Crippen LogP contribution in [0.25, 0.3) is 0 Å². The molecule has 118 valence electrons. The summed E-state index contributed by atoms with van der Waals surface area (Å²) in [5, 5.41) is 14.2. The fourth-order valence-electron chi connectivity index (χ4n) is 2.80. The normalized spacial score (nSPS) is 23.2. The molecule has 0 saturated heterocycles. The van der Waals surface area contributed by atoms with Crippen LogP contribution in [0.3, 0.4) is 0 Å². The molecule has 3 nitrogen and oxygen atoms in total. The highest BCUT2D eigenvalue weighted by molar-refractivity contribution is 7.99. The zero-order valence-electron chi connectivity index (χ0n) is 13.0. The van der Waals surface area contributed by atoms with Gasteiger partial charge >= 0.3 is 0 Å². The quantitative estimate of drug-likeness (QED) is 0.775. The second-order valence-electron chi connectivity index (χ2n) is 5.68. The summed E-state index contributed by atoms with van der Waals surface area (Å²) < 4.78 is 5.64. The highest BCUT2D eigenvalue weighted by Crippen LogP contribution is 2.28. The first-order chi connectivity index (χ1) is 10.2. The van der Waals surface area contributed by atoms with Crippen molar-refractivity contribution < 1.29 is 9.84 Å². The molecule has 0 radical (unpaired) electrons. The Hall–Kier alpha value is -0.710. The molecule has 1 saturated carbocycles. The van der Waals surface area contributed by atoms with Crippen LogP contribution in [-0.4, -0.2) is 41.9 Å². The van der Waals surface area contributed by atoms with Gasteiger partial charge in [0.1, 0.15) is 18.5 Å². The van der Waals surface area contributed by atoms with E-state index < -0.39 is 6.10 Å². The summed E-state index contributed by atoms with van der Waals surface area (Å²) in [7, 11) is 0. The Morgan fingerprint density at radius 1 is 1.33 bits per heavy atom. The molecule has 0 spiro atoms. The third-order valence-electron chi connectivity index (χ3n) is 4.14. The first kappa shape index (κ1) is 16.7. The van der Waals surface area contributed by atoms with Crippen molar-refractivity contribution >= 4 is 11.8 Å². The zero-order chi connectivity index (χ0) is 15.1. The Labute approximate surface area is 132 Å². The number of ether oxygens (including phenoxy) is 1. The predicted octanol–water partition coefficient (Wildman–Crippen LogP) is 2.86. The standard InChI is InChI=1S/C17H27NO2S/c1-3-13-7-9-15(10-8-13)20-12-14(19)11-18-16-5-4-6-17(16)21-2/h7-10,14,16-19H,3-6,11-12H2,1-2H3. The van der Waals surface area contributed by atoms with Crippen molar-refractivity contribution in [1.82, 2.24) is 5.32 Å². The van der Waals surface area contributed by atoms with Gasteiger partial charge in [0.25, 0.3) is 0 Å². The molecule has 0 heterocycles. The lowest BCUT2D eigenvalue weighted by Crippen LogP contribution is -2.40. The maximum absolute atomic E-state index is 10.0. The van der Waals surface area contributed by atoms with Crippen molar-refractivity contribution in [2.24, 2.45) is 0 Å². The van der Waals surface area contributed by atoms with Crippen molar-refractivity contribution in [3.8, 4) is 5.75 Å². The molecule has 1 aromatic rings. The number of aliphatic hydroxyl groups is 1. The number of hydrogen-bond acceptors (Lipinski definition) is 4. The molecule has 1 fully saturated rings. The topological polar surface area (TPSA) is 41.5 Å². The van der Waals surface area contributed by atoms with E-state index in [-0.39, 0.29) is 0 Å². The molecule has 1 aromatic carbocycles. The zero-order valence-corrected chi connectivity index (χ0v) is 13.9. The van der Waals surface area contributed by atoms with Gasteiger partial charge < -0.3 is 15.2 Å². The minimum Gasteiger partial charge on any atom is -0.491 e. The van der Waals surface area contributed by atoms with Crippen LogP contribution in [-0.2, 0) is 6.42 Å². The number of nitrogens with one attached hydrogen (secondary N) is 1. The molecular formula is C17H27NO2S. The van der Waals surface area contributed by atoms with Crippen LogP contribution in [0, 0.1) is 0 Å². The SMILES string of the molecule is CCc1ccc(OCC(O)CNC2CCCC2SC)cc1. The first-order valence-electron chi connectivity index (χ1n) is 7.89. The van der Waals surface area contributed by atoms with Crippen molar-refractivity contribution in [2.75, 3.05) is 19.4 Å². The van der Waals surface area contributed by atoms with E-state index in [1.165, 1.54) is 24.8 Å². The monoisotopic (exact) mass is 309 g/mol. The van der Waals surface area contributed by atoms with Gasteiger partial charge in [0, 0.05) is 17.8 Å². The van der Waals surface area contributed by atoms with Crippen LogP contribution in [0.15, 0.2) is 24.3 Å². The van der Waals surface area contributed by atoms with E-state index in [0.717, 1.165) is 12.2 Å². The molecule has 4 heteroatoms. The Morgan fingerprint density at radius 3 is 2.76 bits per heavy atom. The fourth-order valence-corrected chi connectivity index (χ4v) is 3.76. The lowest BCUT2D eigenvalue weighted by atomic mass is 10.2. The molecular weight excluding hydrogens is 282 g/mol. The Balaban J connectivity index is 1.68. The van der Waals surface area contributed by atoms with E-state index in [1.807, 2.05) is 23.9 Å². The average Bonchev–Trinajstić information content (AvgIpc) is 2.99. The van der Waals surface area contributed by atoms with Gasteiger partial charge in [-0.2, -0.15) is 11.8 Å². The largest absolute Gasteiger partial charge is 0.491 e. The molecule has 1 aliphatic carbocycles. The van der Waals surface area contributed by atoms with Crippen LogP contribution in [0.2, 0.25) is 0 Å². The van der Waals surface area contributed by atoms with Gasteiger partial charge in [0.05, 0.1) is 0 Å². The third-order valence-corrected chi connectivity index (χ3v) is 5.31. The lowest BCUT2D eigenvalue weighted by molar-refractivity contribution is 0.104. The Kier molecular flexibility index (Phi) is 6.87. The van der Waals surface area contributed by atoms with Gasteiger partial charge in [-0.1, -0.05) is 25.5 Å².